The van der Waals surface area contributed by atoms with E-state index in [1.165, 1.54) is 16.7 Å². The van der Waals surface area contributed by atoms with Crippen LogP contribution in [0.3, 0.4) is 0 Å². The number of thiazole rings is 1. The second kappa shape index (κ2) is 4.70. The van der Waals surface area contributed by atoms with E-state index in [0.29, 0.717) is 31.3 Å². The van der Waals surface area contributed by atoms with Gasteiger partial charge < -0.3 is 14.9 Å². The number of carbonyl (C=O) groups excluding carboxylic acids is 1. The van der Waals surface area contributed by atoms with Gasteiger partial charge in [-0.05, 0) is 0 Å². The van der Waals surface area contributed by atoms with Crippen LogP contribution in [0.2, 0.25) is 0 Å². The molecule has 0 saturated carbocycles. The molecule has 1 aliphatic rings. The van der Waals surface area contributed by atoms with Crippen LogP contribution in [0.5, 0.6) is 0 Å². The zero-order valence-electron chi connectivity index (χ0n) is 9.42. The van der Waals surface area contributed by atoms with Crippen LogP contribution in [0.15, 0.2) is 5.38 Å². The monoisotopic (exact) mass is 255 g/mol. The molecule has 1 aromatic heterocycles. The van der Waals surface area contributed by atoms with Crippen molar-refractivity contribution in [3.05, 3.63) is 11.1 Å². The minimum absolute atomic E-state index is 0.0787. The lowest BCUT2D eigenvalue weighted by molar-refractivity contribution is -0.129. The smallest absolute Gasteiger partial charge is 0.355 e. The Hall–Kier alpha value is -1.63. The first-order valence-corrected chi connectivity index (χ1v) is 6.15. The van der Waals surface area contributed by atoms with Crippen LogP contribution >= 0.6 is 11.3 Å². The van der Waals surface area contributed by atoms with Gasteiger partial charge in [0.2, 0.25) is 5.91 Å². The van der Waals surface area contributed by atoms with E-state index in [-0.39, 0.29) is 11.6 Å². The van der Waals surface area contributed by atoms with Crippen LogP contribution in [-0.4, -0.2) is 53.0 Å². The highest BCUT2D eigenvalue weighted by molar-refractivity contribution is 7.13. The van der Waals surface area contributed by atoms with Gasteiger partial charge in [-0.25, -0.2) is 9.78 Å². The molecule has 0 bridgehead atoms. The third kappa shape index (κ3) is 2.55. The standard InChI is InChI=1S/C10H13N3O3S/c1-7(14)12-2-4-13(5-3-12)10-11-8(6-17-10)9(15)16/h6H,2-5H2,1H3,(H,15,16). The van der Waals surface area contributed by atoms with E-state index < -0.39 is 5.97 Å². The van der Waals surface area contributed by atoms with Crippen LogP contribution in [-0.2, 0) is 4.79 Å². The fourth-order valence-corrected chi connectivity index (χ4v) is 2.57. The van der Waals surface area contributed by atoms with Crippen LogP contribution in [0, 0.1) is 0 Å². The largest absolute Gasteiger partial charge is 0.476 e. The zero-order valence-corrected chi connectivity index (χ0v) is 10.2. The van der Waals surface area contributed by atoms with Gasteiger partial charge in [-0.15, -0.1) is 11.3 Å². The molecule has 0 unspecified atom stereocenters. The van der Waals surface area contributed by atoms with Gasteiger partial charge in [-0.1, -0.05) is 0 Å². The van der Waals surface area contributed by atoms with Gasteiger partial charge in [-0.3, -0.25) is 4.79 Å². The minimum Gasteiger partial charge on any atom is -0.476 e. The molecule has 6 nitrogen and oxygen atoms in total. The van der Waals surface area contributed by atoms with Gasteiger partial charge in [0.15, 0.2) is 10.8 Å². The normalized spacial score (nSPS) is 16.1. The molecular weight excluding hydrogens is 242 g/mol. The second-order valence-electron chi connectivity index (χ2n) is 3.81. The van der Waals surface area contributed by atoms with Crippen molar-refractivity contribution in [2.45, 2.75) is 6.92 Å². The summed E-state index contributed by atoms with van der Waals surface area (Å²) in [7, 11) is 0. The molecule has 0 aromatic carbocycles. The summed E-state index contributed by atoms with van der Waals surface area (Å²) in [5.74, 6) is -0.926. The van der Waals surface area contributed by atoms with Gasteiger partial charge in [0.1, 0.15) is 0 Å². The summed E-state index contributed by atoms with van der Waals surface area (Å²) in [6.45, 7) is 4.29. The van der Waals surface area contributed by atoms with Gasteiger partial charge >= 0.3 is 5.97 Å². The Labute approximate surface area is 102 Å². The Morgan fingerprint density at radius 2 is 2.00 bits per heavy atom. The molecule has 17 heavy (non-hydrogen) atoms. The fourth-order valence-electron chi connectivity index (χ4n) is 1.72. The summed E-state index contributed by atoms with van der Waals surface area (Å²) in [5.41, 5.74) is 0.0824. The van der Waals surface area contributed by atoms with Crippen LogP contribution in [0.1, 0.15) is 17.4 Å². The molecule has 0 radical (unpaired) electrons. The van der Waals surface area contributed by atoms with Gasteiger partial charge in [0.05, 0.1) is 0 Å². The van der Waals surface area contributed by atoms with Crippen molar-refractivity contribution in [3.8, 4) is 0 Å². The molecule has 7 heteroatoms. The van der Waals surface area contributed by atoms with Crippen molar-refractivity contribution in [2.24, 2.45) is 0 Å². The highest BCUT2D eigenvalue weighted by Crippen LogP contribution is 2.21. The molecule has 1 aliphatic heterocycles. The maximum Gasteiger partial charge on any atom is 0.355 e. The first-order valence-electron chi connectivity index (χ1n) is 5.27. The van der Waals surface area contributed by atoms with Crippen molar-refractivity contribution in [1.82, 2.24) is 9.88 Å². The van der Waals surface area contributed by atoms with Crippen molar-refractivity contribution in [3.63, 3.8) is 0 Å². The number of hydrogen-bond donors (Lipinski definition) is 1. The molecule has 1 saturated heterocycles. The molecule has 2 heterocycles. The van der Waals surface area contributed by atoms with E-state index in [1.54, 1.807) is 11.8 Å². The molecule has 1 aromatic rings. The fraction of sp³-hybridized carbons (Fsp3) is 0.500. The molecular formula is C10H13N3O3S. The van der Waals surface area contributed by atoms with Gasteiger partial charge in [0, 0.05) is 38.5 Å². The number of carboxylic acid groups (broad SMARTS) is 1. The number of hydrogen-bond acceptors (Lipinski definition) is 5. The average Bonchev–Trinajstić information content (AvgIpc) is 2.78. The number of carboxylic acids is 1. The van der Waals surface area contributed by atoms with E-state index in [2.05, 4.69) is 4.98 Å². The summed E-state index contributed by atoms with van der Waals surface area (Å²) < 4.78 is 0. The lowest BCUT2D eigenvalue weighted by Gasteiger charge is -2.33. The van der Waals surface area contributed by atoms with Crippen LogP contribution in [0.25, 0.3) is 0 Å². The summed E-state index contributed by atoms with van der Waals surface area (Å²) >= 11 is 1.32. The Kier molecular flexibility index (Phi) is 3.28. The molecule has 92 valence electrons. The highest BCUT2D eigenvalue weighted by Gasteiger charge is 2.21. The third-order valence-corrected chi connectivity index (χ3v) is 3.61. The number of carbonyl (C=O) groups is 2. The maximum atomic E-state index is 11.2. The van der Waals surface area contributed by atoms with Crippen molar-refractivity contribution in [2.75, 3.05) is 31.1 Å². The lowest BCUT2D eigenvalue weighted by Crippen LogP contribution is -2.48. The molecule has 0 aliphatic carbocycles. The first-order chi connectivity index (χ1) is 8.08. The van der Waals surface area contributed by atoms with E-state index in [0.717, 1.165) is 0 Å². The molecule has 1 amide bonds. The second-order valence-corrected chi connectivity index (χ2v) is 4.65. The lowest BCUT2D eigenvalue weighted by atomic mass is 10.3. The molecule has 1 fully saturated rings. The van der Waals surface area contributed by atoms with E-state index in [4.69, 9.17) is 5.11 Å². The van der Waals surface area contributed by atoms with Crippen molar-refractivity contribution >= 4 is 28.3 Å². The molecule has 2 rings (SSSR count). The minimum atomic E-state index is -1.00. The Morgan fingerprint density at radius 3 is 2.47 bits per heavy atom. The van der Waals surface area contributed by atoms with Gasteiger partial charge in [0.25, 0.3) is 0 Å². The predicted octanol–water partition coefficient (Wildman–Crippen LogP) is 0.510. The van der Waals surface area contributed by atoms with Crippen molar-refractivity contribution in [1.29, 1.82) is 0 Å². The number of rotatable bonds is 2. The van der Waals surface area contributed by atoms with Gasteiger partial charge in [-0.2, -0.15) is 0 Å². The summed E-state index contributed by atoms with van der Waals surface area (Å²) in [6.07, 6.45) is 0. The van der Waals surface area contributed by atoms with E-state index in [1.807, 2.05) is 4.90 Å². The number of piperazine rings is 1. The molecule has 0 spiro atoms. The Balaban J connectivity index is 2.00. The third-order valence-electron chi connectivity index (χ3n) is 2.71. The number of aromatic nitrogens is 1. The number of aromatic carboxylic acids is 1. The quantitative estimate of drug-likeness (QED) is 0.833. The topological polar surface area (TPSA) is 73.7 Å². The summed E-state index contributed by atoms with van der Waals surface area (Å²) in [5, 5.41) is 11.0. The number of amides is 1. The molecule has 0 atom stereocenters. The highest BCUT2D eigenvalue weighted by atomic mass is 32.1. The Morgan fingerprint density at radius 1 is 1.35 bits per heavy atom. The first kappa shape index (κ1) is 11.8. The predicted molar refractivity (Wildman–Crippen MR) is 63.5 cm³/mol. The summed E-state index contributed by atoms with van der Waals surface area (Å²) in [4.78, 5) is 29.7. The van der Waals surface area contributed by atoms with Crippen molar-refractivity contribution < 1.29 is 14.7 Å². The number of anilines is 1. The Bertz CT molecular complexity index is 438. The SMILES string of the molecule is CC(=O)N1CCN(c2nc(C(=O)O)cs2)CC1. The zero-order chi connectivity index (χ0) is 12.4. The van der Waals surface area contributed by atoms with Crippen LogP contribution < -0.4 is 4.90 Å². The van der Waals surface area contributed by atoms with E-state index >= 15 is 0 Å². The summed E-state index contributed by atoms with van der Waals surface area (Å²) in [6, 6.07) is 0. The maximum absolute atomic E-state index is 11.2. The average molecular weight is 255 g/mol. The molecule has 1 N–H and O–H groups in total. The van der Waals surface area contributed by atoms with E-state index in [9.17, 15) is 9.59 Å². The van der Waals surface area contributed by atoms with Crippen LogP contribution in [0.4, 0.5) is 5.13 Å². The number of nitrogens with zero attached hydrogens (tertiary/aromatic N) is 3.